The SMILES string of the molecule is CN(C)C1CCN(C(=O)Nc2ccnn2Cc2ccccn2)CC1. The zero-order valence-electron chi connectivity index (χ0n) is 14.2. The van der Waals surface area contributed by atoms with Crippen LogP contribution in [0.25, 0.3) is 0 Å². The van der Waals surface area contributed by atoms with E-state index in [-0.39, 0.29) is 6.03 Å². The van der Waals surface area contributed by atoms with Crippen molar-refractivity contribution in [3.63, 3.8) is 0 Å². The van der Waals surface area contributed by atoms with Crippen LogP contribution in [0, 0.1) is 0 Å². The number of hydrogen-bond donors (Lipinski definition) is 1. The molecule has 1 aliphatic heterocycles. The molecule has 1 aliphatic rings. The lowest BCUT2D eigenvalue weighted by Gasteiger charge is -2.35. The summed E-state index contributed by atoms with van der Waals surface area (Å²) >= 11 is 0. The Hall–Kier alpha value is -2.41. The standard InChI is InChI=1S/C17H24N6O/c1-21(2)15-7-11-22(12-8-15)17(24)20-16-6-10-19-23(16)13-14-5-3-4-9-18-14/h3-6,9-10,15H,7-8,11-13H2,1-2H3,(H,20,24). The minimum absolute atomic E-state index is 0.0602. The number of nitrogens with one attached hydrogen (secondary N) is 1. The summed E-state index contributed by atoms with van der Waals surface area (Å²) in [7, 11) is 4.19. The number of aromatic nitrogens is 3. The van der Waals surface area contributed by atoms with E-state index in [9.17, 15) is 4.79 Å². The number of anilines is 1. The summed E-state index contributed by atoms with van der Waals surface area (Å²) < 4.78 is 1.76. The van der Waals surface area contributed by atoms with E-state index in [1.165, 1.54) is 0 Å². The molecule has 0 bridgehead atoms. The minimum atomic E-state index is -0.0602. The van der Waals surface area contributed by atoms with E-state index in [0.717, 1.165) is 31.6 Å². The Morgan fingerprint density at radius 3 is 2.71 bits per heavy atom. The molecule has 24 heavy (non-hydrogen) atoms. The number of hydrogen-bond acceptors (Lipinski definition) is 4. The van der Waals surface area contributed by atoms with Crippen LogP contribution in [0.3, 0.4) is 0 Å². The van der Waals surface area contributed by atoms with Crippen LogP contribution < -0.4 is 5.32 Å². The van der Waals surface area contributed by atoms with Gasteiger partial charge in [0.05, 0.1) is 18.4 Å². The largest absolute Gasteiger partial charge is 0.324 e. The minimum Gasteiger partial charge on any atom is -0.324 e. The second-order valence-electron chi connectivity index (χ2n) is 6.31. The van der Waals surface area contributed by atoms with Crippen LogP contribution in [0.4, 0.5) is 10.6 Å². The third kappa shape index (κ3) is 3.91. The summed E-state index contributed by atoms with van der Waals surface area (Å²) in [5.41, 5.74) is 0.906. The molecule has 2 amide bonds. The number of piperidine rings is 1. The number of carbonyl (C=O) groups excluding carboxylic acids is 1. The molecule has 1 N–H and O–H groups in total. The first-order chi connectivity index (χ1) is 11.6. The van der Waals surface area contributed by atoms with Crippen LogP contribution in [0.15, 0.2) is 36.7 Å². The van der Waals surface area contributed by atoms with Crippen LogP contribution in [-0.2, 0) is 6.54 Å². The van der Waals surface area contributed by atoms with Crippen molar-refractivity contribution in [3.05, 3.63) is 42.4 Å². The van der Waals surface area contributed by atoms with Crippen molar-refractivity contribution in [2.24, 2.45) is 0 Å². The normalized spacial score (nSPS) is 15.7. The lowest BCUT2D eigenvalue weighted by atomic mass is 10.0. The molecule has 0 radical (unpaired) electrons. The fourth-order valence-corrected chi connectivity index (χ4v) is 2.98. The molecule has 7 nitrogen and oxygen atoms in total. The Labute approximate surface area is 142 Å². The van der Waals surface area contributed by atoms with E-state index in [1.807, 2.05) is 29.2 Å². The Balaban J connectivity index is 1.59. The fraction of sp³-hybridized carbons (Fsp3) is 0.471. The summed E-state index contributed by atoms with van der Waals surface area (Å²) in [6.45, 7) is 2.10. The van der Waals surface area contributed by atoms with Crippen molar-refractivity contribution in [2.75, 3.05) is 32.5 Å². The molecule has 3 heterocycles. The van der Waals surface area contributed by atoms with Gasteiger partial charge in [0, 0.05) is 31.4 Å². The Morgan fingerprint density at radius 2 is 2.04 bits per heavy atom. The number of urea groups is 1. The van der Waals surface area contributed by atoms with Gasteiger partial charge < -0.3 is 9.80 Å². The number of rotatable bonds is 4. The first kappa shape index (κ1) is 16.4. The molecular formula is C17H24N6O. The molecule has 0 aliphatic carbocycles. The van der Waals surface area contributed by atoms with Gasteiger partial charge in [0.2, 0.25) is 0 Å². The Kier molecular flexibility index (Phi) is 5.10. The predicted molar refractivity (Wildman–Crippen MR) is 92.9 cm³/mol. The fourth-order valence-electron chi connectivity index (χ4n) is 2.98. The highest BCUT2D eigenvalue weighted by Crippen LogP contribution is 2.16. The predicted octanol–water partition coefficient (Wildman–Crippen LogP) is 1.88. The summed E-state index contributed by atoms with van der Waals surface area (Å²) in [6, 6.07) is 8.08. The average molecular weight is 328 g/mol. The number of pyridine rings is 1. The Bertz CT molecular complexity index is 661. The van der Waals surface area contributed by atoms with Crippen molar-refractivity contribution >= 4 is 11.8 Å². The molecule has 2 aromatic heterocycles. The maximum Gasteiger partial charge on any atom is 0.323 e. The van der Waals surface area contributed by atoms with Gasteiger partial charge in [-0.1, -0.05) is 6.07 Å². The van der Waals surface area contributed by atoms with E-state index in [4.69, 9.17) is 0 Å². The molecule has 1 saturated heterocycles. The van der Waals surface area contributed by atoms with Crippen molar-refractivity contribution in [3.8, 4) is 0 Å². The van der Waals surface area contributed by atoms with E-state index in [2.05, 4.69) is 34.4 Å². The maximum absolute atomic E-state index is 12.5. The highest BCUT2D eigenvalue weighted by Gasteiger charge is 2.24. The summed E-state index contributed by atoms with van der Waals surface area (Å²) in [6.07, 6.45) is 5.46. The van der Waals surface area contributed by atoms with Gasteiger partial charge >= 0.3 is 6.03 Å². The maximum atomic E-state index is 12.5. The molecule has 128 valence electrons. The Morgan fingerprint density at radius 1 is 1.25 bits per heavy atom. The third-order valence-corrected chi connectivity index (χ3v) is 4.47. The second kappa shape index (κ2) is 7.44. The van der Waals surface area contributed by atoms with E-state index >= 15 is 0 Å². The highest BCUT2D eigenvalue weighted by atomic mass is 16.2. The number of likely N-dealkylation sites (tertiary alicyclic amines) is 1. The van der Waals surface area contributed by atoms with Gasteiger partial charge in [0.15, 0.2) is 0 Å². The molecule has 0 aromatic carbocycles. The topological polar surface area (TPSA) is 66.3 Å². The summed E-state index contributed by atoms with van der Waals surface area (Å²) in [5.74, 6) is 0.695. The van der Waals surface area contributed by atoms with Crippen molar-refractivity contribution in [1.29, 1.82) is 0 Å². The number of nitrogens with zero attached hydrogens (tertiary/aromatic N) is 5. The quantitative estimate of drug-likeness (QED) is 0.931. The first-order valence-corrected chi connectivity index (χ1v) is 8.27. The van der Waals surface area contributed by atoms with Crippen molar-refractivity contribution < 1.29 is 4.79 Å². The average Bonchev–Trinajstić information content (AvgIpc) is 3.02. The third-order valence-electron chi connectivity index (χ3n) is 4.47. The van der Waals surface area contributed by atoms with Crippen LogP contribution >= 0.6 is 0 Å². The monoisotopic (exact) mass is 328 g/mol. The molecule has 0 atom stereocenters. The van der Waals surface area contributed by atoms with Gasteiger partial charge in [-0.3, -0.25) is 10.3 Å². The van der Waals surface area contributed by atoms with Crippen LogP contribution in [0.5, 0.6) is 0 Å². The van der Waals surface area contributed by atoms with Gasteiger partial charge in [0.25, 0.3) is 0 Å². The van der Waals surface area contributed by atoms with Crippen LogP contribution in [0.1, 0.15) is 18.5 Å². The molecule has 1 fully saturated rings. The zero-order chi connectivity index (χ0) is 16.9. The molecule has 0 saturated carbocycles. The summed E-state index contributed by atoms with van der Waals surface area (Å²) in [5, 5.41) is 7.25. The molecular weight excluding hydrogens is 304 g/mol. The van der Waals surface area contributed by atoms with E-state index in [1.54, 1.807) is 17.1 Å². The molecule has 2 aromatic rings. The van der Waals surface area contributed by atoms with Gasteiger partial charge in [-0.15, -0.1) is 0 Å². The highest BCUT2D eigenvalue weighted by molar-refractivity contribution is 5.88. The first-order valence-electron chi connectivity index (χ1n) is 8.27. The van der Waals surface area contributed by atoms with E-state index < -0.39 is 0 Å². The number of amides is 2. The lowest BCUT2D eigenvalue weighted by Crippen LogP contribution is -2.46. The lowest BCUT2D eigenvalue weighted by molar-refractivity contribution is 0.156. The van der Waals surface area contributed by atoms with Crippen molar-refractivity contribution in [2.45, 2.75) is 25.4 Å². The molecule has 3 rings (SSSR count). The van der Waals surface area contributed by atoms with E-state index in [0.29, 0.717) is 18.4 Å². The molecule has 7 heteroatoms. The molecule has 0 unspecified atom stereocenters. The van der Waals surface area contributed by atoms with Gasteiger partial charge in [-0.25, -0.2) is 9.48 Å². The van der Waals surface area contributed by atoms with Gasteiger partial charge in [-0.2, -0.15) is 5.10 Å². The van der Waals surface area contributed by atoms with Gasteiger partial charge in [0.1, 0.15) is 5.82 Å². The molecule has 0 spiro atoms. The number of carbonyl (C=O) groups is 1. The summed E-state index contributed by atoms with van der Waals surface area (Å²) in [4.78, 5) is 20.9. The van der Waals surface area contributed by atoms with Crippen LogP contribution in [0.2, 0.25) is 0 Å². The zero-order valence-corrected chi connectivity index (χ0v) is 14.2. The smallest absolute Gasteiger partial charge is 0.323 e. The van der Waals surface area contributed by atoms with Crippen molar-refractivity contribution in [1.82, 2.24) is 24.6 Å². The van der Waals surface area contributed by atoms with Gasteiger partial charge in [-0.05, 0) is 39.1 Å². The second-order valence-corrected chi connectivity index (χ2v) is 6.31. The van der Waals surface area contributed by atoms with Crippen LogP contribution in [-0.4, -0.2) is 63.8 Å².